The molecule has 0 aliphatic carbocycles. The predicted octanol–water partition coefficient (Wildman–Crippen LogP) is 3.28. The molecule has 7 nitrogen and oxygen atoms in total. The molecule has 0 spiro atoms. The van der Waals surface area contributed by atoms with Crippen LogP contribution in [-0.4, -0.2) is 35.0 Å². The van der Waals surface area contributed by atoms with Gasteiger partial charge >= 0.3 is 0 Å². The van der Waals surface area contributed by atoms with Crippen molar-refractivity contribution in [3.05, 3.63) is 58.2 Å². The van der Waals surface area contributed by atoms with Gasteiger partial charge in [-0.3, -0.25) is 4.79 Å². The van der Waals surface area contributed by atoms with Crippen LogP contribution < -0.4 is 15.0 Å². The van der Waals surface area contributed by atoms with Crippen molar-refractivity contribution in [1.82, 2.24) is 15.0 Å². The molecule has 3 aromatic rings. The van der Waals surface area contributed by atoms with Crippen LogP contribution in [0.4, 0.5) is 15.9 Å². The van der Waals surface area contributed by atoms with E-state index >= 15 is 0 Å². The van der Waals surface area contributed by atoms with Crippen molar-refractivity contribution < 1.29 is 13.9 Å². The van der Waals surface area contributed by atoms with E-state index in [-0.39, 0.29) is 18.3 Å². The number of hydrogen-bond donors (Lipinski definition) is 1. The number of halogens is 1. The van der Waals surface area contributed by atoms with E-state index in [1.54, 1.807) is 30.2 Å². The normalized spacial score (nSPS) is 10.5. The molecule has 0 atom stereocenters. The van der Waals surface area contributed by atoms with Gasteiger partial charge in [-0.15, -0.1) is 11.3 Å². The van der Waals surface area contributed by atoms with Crippen LogP contribution in [0.1, 0.15) is 20.4 Å². The van der Waals surface area contributed by atoms with Crippen molar-refractivity contribution in [2.24, 2.45) is 0 Å². The Kier molecular flexibility index (Phi) is 5.60. The number of carbonyl (C=O) groups excluding carboxylic acids is 1. The second-order valence-electron chi connectivity index (χ2n) is 5.87. The van der Waals surface area contributed by atoms with Crippen molar-refractivity contribution in [2.45, 2.75) is 13.5 Å². The van der Waals surface area contributed by atoms with Crippen LogP contribution in [0.15, 0.2) is 36.8 Å². The third kappa shape index (κ3) is 4.56. The number of aryl methyl sites for hydroxylation is 1. The lowest BCUT2D eigenvalue weighted by Gasteiger charge is -2.15. The first kappa shape index (κ1) is 18.7. The van der Waals surface area contributed by atoms with Gasteiger partial charge < -0.3 is 15.0 Å². The van der Waals surface area contributed by atoms with E-state index in [4.69, 9.17) is 4.74 Å². The van der Waals surface area contributed by atoms with Crippen molar-refractivity contribution in [2.75, 3.05) is 24.3 Å². The van der Waals surface area contributed by atoms with Crippen LogP contribution in [0.25, 0.3) is 0 Å². The molecule has 0 aliphatic rings. The third-order valence-electron chi connectivity index (χ3n) is 3.59. The number of nitrogens with one attached hydrogen (secondary N) is 1. The molecule has 0 radical (unpaired) electrons. The molecule has 0 bridgehead atoms. The second kappa shape index (κ2) is 8.09. The molecule has 27 heavy (non-hydrogen) atoms. The molecule has 140 valence electrons. The Hall–Kier alpha value is -3.07. The van der Waals surface area contributed by atoms with Gasteiger partial charge in [0.2, 0.25) is 0 Å². The fraction of sp³-hybridized carbons (Fsp3) is 0.222. The minimum Gasteiger partial charge on any atom is -0.486 e. The lowest BCUT2D eigenvalue weighted by molar-refractivity contribution is 0.102. The zero-order chi connectivity index (χ0) is 19.4. The van der Waals surface area contributed by atoms with Crippen LogP contribution in [0, 0.1) is 12.7 Å². The summed E-state index contributed by atoms with van der Waals surface area (Å²) >= 11 is 1.25. The monoisotopic (exact) mass is 387 g/mol. The smallest absolute Gasteiger partial charge is 0.267 e. The molecule has 2 heterocycles. The summed E-state index contributed by atoms with van der Waals surface area (Å²) in [6.45, 7) is 1.96. The highest BCUT2D eigenvalue weighted by atomic mass is 32.1. The van der Waals surface area contributed by atoms with Gasteiger partial charge in [-0.05, 0) is 31.2 Å². The van der Waals surface area contributed by atoms with Crippen LogP contribution in [0.2, 0.25) is 0 Å². The molecular formula is C18H18FN5O2S. The van der Waals surface area contributed by atoms with Crippen LogP contribution >= 0.6 is 11.3 Å². The molecule has 0 saturated carbocycles. The first-order valence-electron chi connectivity index (χ1n) is 8.07. The largest absolute Gasteiger partial charge is 0.486 e. The summed E-state index contributed by atoms with van der Waals surface area (Å²) in [4.78, 5) is 27.4. The van der Waals surface area contributed by atoms with Crippen LogP contribution in [0.5, 0.6) is 5.75 Å². The summed E-state index contributed by atoms with van der Waals surface area (Å²) in [5.41, 5.74) is 1.13. The maximum Gasteiger partial charge on any atom is 0.267 e. The van der Waals surface area contributed by atoms with Crippen molar-refractivity contribution >= 4 is 28.7 Å². The summed E-state index contributed by atoms with van der Waals surface area (Å²) in [7, 11) is 3.67. The van der Waals surface area contributed by atoms with Gasteiger partial charge in [0.15, 0.2) is 5.82 Å². The van der Waals surface area contributed by atoms with E-state index < -0.39 is 0 Å². The molecule has 3 rings (SSSR count). The van der Waals surface area contributed by atoms with Crippen molar-refractivity contribution in [3.8, 4) is 5.75 Å². The number of thiazole rings is 1. The highest BCUT2D eigenvalue weighted by Gasteiger charge is 2.18. The molecule has 0 unspecified atom stereocenters. The SMILES string of the molecule is Cc1nc(COc2ccc(F)cc2)sc1C(=O)Nc1cncnc1N(C)C. The molecule has 0 aliphatic heterocycles. The zero-order valence-corrected chi connectivity index (χ0v) is 15.9. The number of ether oxygens (including phenoxy) is 1. The summed E-state index contributed by atoms with van der Waals surface area (Å²) in [5.74, 6) is 0.539. The van der Waals surface area contributed by atoms with Gasteiger partial charge in [-0.2, -0.15) is 0 Å². The van der Waals surface area contributed by atoms with E-state index in [1.807, 2.05) is 14.1 Å². The Morgan fingerprint density at radius 3 is 2.74 bits per heavy atom. The lowest BCUT2D eigenvalue weighted by Crippen LogP contribution is -2.18. The number of aromatic nitrogens is 3. The Bertz CT molecular complexity index is 943. The minimum atomic E-state index is -0.326. The van der Waals surface area contributed by atoms with E-state index in [0.717, 1.165) is 0 Å². The first-order valence-corrected chi connectivity index (χ1v) is 8.89. The van der Waals surface area contributed by atoms with E-state index in [2.05, 4.69) is 20.3 Å². The highest BCUT2D eigenvalue weighted by molar-refractivity contribution is 7.13. The highest BCUT2D eigenvalue weighted by Crippen LogP contribution is 2.24. The quantitative estimate of drug-likeness (QED) is 0.699. The number of carbonyl (C=O) groups is 1. The molecule has 0 saturated heterocycles. The van der Waals surface area contributed by atoms with Gasteiger partial charge in [0.05, 0.1) is 11.9 Å². The number of hydrogen-bond acceptors (Lipinski definition) is 7. The van der Waals surface area contributed by atoms with Crippen LogP contribution in [-0.2, 0) is 6.61 Å². The number of anilines is 2. The van der Waals surface area contributed by atoms with E-state index in [0.29, 0.717) is 32.8 Å². The van der Waals surface area contributed by atoms with Crippen LogP contribution in [0.3, 0.4) is 0 Å². The molecule has 0 fully saturated rings. The van der Waals surface area contributed by atoms with Crippen molar-refractivity contribution in [1.29, 1.82) is 0 Å². The maximum atomic E-state index is 12.9. The Balaban J connectivity index is 1.70. The van der Waals surface area contributed by atoms with Crippen molar-refractivity contribution in [3.63, 3.8) is 0 Å². The zero-order valence-electron chi connectivity index (χ0n) is 15.1. The Morgan fingerprint density at radius 2 is 2.04 bits per heavy atom. The fourth-order valence-electron chi connectivity index (χ4n) is 2.35. The van der Waals surface area contributed by atoms with Gasteiger partial charge in [-0.25, -0.2) is 19.3 Å². The number of nitrogens with zero attached hydrogens (tertiary/aromatic N) is 4. The summed E-state index contributed by atoms with van der Waals surface area (Å²) in [5, 5.41) is 3.48. The number of rotatable bonds is 6. The second-order valence-corrected chi connectivity index (χ2v) is 6.96. The molecule has 1 N–H and O–H groups in total. The van der Waals surface area contributed by atoms with Gasteiger partial charge in [0, 0.05) is 14.1 Å². The first-order chi connectivity index (χ1) is 12.9. The number of amides is 1. The molecule has 9 heteroatoms. The van der Waals surface area contributed by atoms with Gasteiger partial charge in [0.1, 0.15) is 40.1 Å². The minimum absolute atomic E-state index is 0.196. The predicted molar refractivity (Wildman–Crippen MR) is 102 cm³/mol. The summed E-state index contributed by atoms with van der Waals surface area (Å²) in [6.07, 6.45) is 2.98. The maximum absolute atomic E-state index is 12.9. The molecule has 2 aromatic heterocycles. The Labute approximate surface area is 159 Å². The average Bonchev–Trinajstić information content (AvgIpc) is 3.02. The van der Waals surface area contributed by atoms with E-state index in [1.165, 1.54) is 29.8 Å². The molecule has 1 aromatic carbocycles. The third-order valence-corrected chi connectivity index (χ3v) is 4.72. The average molecular weight is 387 g/mol. The van der Waals surface area contributed by atoms with Gasteiger partial charge in [0.25, 0.3) is 5.91 Å². The fourth-order valence-corrected chi connectivity index (χ4v) is 3.22. The lowest BCUT2D eigenvalue weighted by atomic mass is 10.3. The molecular weight excluding hydrogens is 369 g/mol. The summed E-state index contributed by atoms with van der Waals surface area (Å²) < 4.78 is 18.5. The molecule has 1 amide bonds. The van der Waals surface area contributed by atoms with Gasteiger partial charge in [-0.1, -0.05) is 0 Å². The standard InChI is InChI=1S/C18H18FN5O2S/c1-11-16(18(25)23-14-8-20-10-21-17(14)24(2)3)27-15(22-11)9-26-13-6-4-12(19)5-7-13/h4-8,10H,9H2,1-3H3,(H,23,25). The Morgan fingerprint density at radius 1 is 1.30 bits per heavy atom. The number of benzene rings is 1. The topological polar surface area (TPSA) is 80.2 Å². The summed E-state index contributed by atoms with van der Waals surface area (Å²) in [6, 6.07) is 5.74. The van der Waals surface area contributed by atoms with E-state index in [9.17, 15) is 9.18 Å².